The zero-order valence-electron chi connectivity index (χ0n) is 11.6. The van der Waals surface area contributed by atoms with Gasteiger partial charge in [0.2, 0.25) is 0 Å². The van der Waals surface area contributed by atoms with Crippen LogP contribution in [0.5, 0.6) is 5.75 Å². The van der Waals surface area contributed by atoms with Gasteiger partial charge in [-0.3, -0.25) is 0 Å². The quantitative estimate of drug-likeness (QED) is 0.845. The van der Waals surface area contributed by atoms with Crippen LogP contribution in [0.25, 0.3) is 0 Å². The highest BCUT2D eigenvalue weighted by Gasteiger charge is 2.26. The molecule has 1 unspecified atom stereocenters. The van der Waals surface area contributed by atoms with Crippen molar-refractivity contribution >= 4 is 5.69 Å². The lowest BCUT2D eigenvalue weighted by atomic mass is 9.84. The Kier molecular flexibility index (Phi) is 3.53. The smallest absolute Gasteiger partial charge is 0.122 e. The van der Waals surface area contributed by atoms with Crippen molar-refractivity contribution in [3.63, 3.8) is 0 Å². The Morgan fingerprint density at radius 3 is 2.67 bits per heavy atom. The van der Waals surface area contributed by atoms with E-state index in [2.05, 4.69) is 24.8 Å². The van der Waals surface area contributed by atoms with Crippen LogP contribution in [-0.4, -0.2) is 18.2 Å². The Morgan fingerprint density at radius 2 is 2.11 bits per heavy atom. The summed E-state index contributed by atoms with van der Waals surface area (Å²) in [4.78, 5) is 2.36. The molecule has 1 aromatic carbocycles. The number of phenols is 1. The molecule has 1 heterocycles. The van der Waals surface area contributed by atoms with E-state index in [1.54, 1.807) is 0 Å². The maximum absolute atomic E-state index is 10.0. The summed E-state index contributed by atoms with van der Waals surface area (Å²) in [5, 5.41) is 10.0. The second-order valence-electron chi connectivity index (χ2n) is 6.22. The lowest BCUT2D eigenvalue weighted by Gasteiger charge is -2.39. The van der Waals surface area contributed by atoms with Crippen molar-refractivity contribution in [3.05, 3.63) is 23.8 Å². The lowest BCUT2D eigenvalue weighted by molar-refractivity contribution is 0.293. The number of nitrogens with two attached hydrogens (primary N) is 1. The summed E-state index contributed by atoms with van der Waals surface area (Å²) in [6, 6.07) is 5.73. The van der Waals surface area contributed by atoms with Crippen LogP contribution in [0.1, 0.15) is 45.2 Å². The molecule has 3 heteroatoms. The number of aromatic hydroxyl groups is 1. The van der Waals surface area contributed by atoms with Gasteiger partial charge in [0.15, 0.2) is 0 Å². The largest absolute Gasteiger partial charge is 0.508 e. The first kappa shape index (κ1) is 13.2. The third-order valence-electron chi connectivity index (χ3n) is 3.77. The second kappa shape index (κ2) is 4.81. The molecule has 1 fully saturated rings. The maximum Gasteiger partial charge on any atom is 0.122 e. The molecule has 3 nitrogen and oxygen atoms in total. The van der Waals surface area contributed by atoms with Gasteiger partial charge in [0.25, 0.3) is 0 Å². The summed E-state index contributed by atoms with van der Waals surface area (Å²) >= 11 is 0. The first-order valence-corrected chi connectivity index (χ1v) is 6.72. The molecule has 1 aromatic rings. The first-order chi connectivity index (χ1) is 8.39. The Hall–Kier alpha value is -1.22. The highest BCUT2D eigenvalue weighted by Crippen LogP contribution is 2.34. The molecule has 1 saturated heterocycles. The molecular formula is C15H24N2O. The maximum atomic E-state index is 10.0. The Labute approximate surface area is 110 Å². The minimum absolute atomic E-state index is 0.128. The van der Waals surface area contributed by atoms with E-state index in [9.17, 15) is 5.11 Å². The second-order valence-corrected chi connectivity index (χ2v) is 6.22. The van der Waals surface area contributed by atoms with E-state index in [1.807, 2.05) is 19.1 Å². The van der Waals surface area contributed by atoms with E-state index >= 15 is 0 Å². The van der Waals surface area contributed by atoms with Gasteiger partial charge in [-0.05, 0) is 31.2 Å². The van der Waals surface area contributed by atoms with E-state index in [0.717, 1.165) is 24.3 Å². The van der Waals surface area contributed by atoms with E-state index in [0.29, 0.717) is 11.2 Å². The van der Waals surface area contributed by atoms with Crippen molar-refractivity contribution in [1.82, 2.24) is 0 Å². The average Bonchev–Trinajstić information content (AvgIpc) is 2.27. The highest BCUT2D eigenvalue weighted by atomic mass is 16.3. The monoisotopic (exact) mass is 248 g/mol. The molecule has 0 amide bonds. The van der Waals surface area contributed by atoms with Gasteiger partial charge in [0.05, 0.1) is 0 Å². The van der Waals surface area contributed by atoms with Crippen LogP contribution in [0.3, 0.4) is 0 Å². The van der Waals surface area contributed by atoms with Gasteiger partial charge < -0.3 is 15.7 Å². The van der Waals surface area contributed by atoms with Crippen molar-refractivity contribution in [2.75, 3.05) is 18.0 Å². The fourth-order valence-electron chi connectivity index (χ4n) is 2.76. The molecule has 18 heavy (non-hydrogen) atoms. The normalized spacial score (nSPS) is 20.8. The molecule has 0 radical (unpaired) electrons. The number of piperidine rings is 1. The minimum atomic E-state index is -0.128. The number of hydrogen-bond donors (Lipinski definition) is 2. The molecule has 1 aliphatic heterocycles. The van der Waals surface area contributed by atoms with E-state index < -0.39 is 0 Å². The molecular weight excluding hydrogens is 224 g/mol. The predicted molar refractivity (Wildman–Crippen MR) is 75.9 cm³/mol. The van der Waals surface area contributed by atoms with Gasteiger partial charge in [-0.25, -0.2) is 0 Å². The summed E-state index contributed by atoms with van der Waals surface area (Å²) in [6.45, 7) is 8.60. The summed E-state index contributed by atoms with van der Waals surface area (Å²) in [6.07, 6.45) is 2.48. The van der Waals surface area contributed by atoms with Gasteiger partial charge in [0, 0.05) is 36.4 Å². The molecule has 0 spiro atoms. The van der Waals surface area contributed by atoms with Crippen LogP contribution in [0, 0.1) is 5.41 Å². The zero-order valence-corrected chi connectivity index (χ0v) is 11.6. The molecule has 3 N–H and O–H groups in total. The summed E-state index contributed by atoms with van der Waals surface area (Å²) in [7, 11) is 0. The van der Waals surface area contributed by atoms with Crippen LogP contribution >= 0.6 is 0 Å². The van der Waals surface area contributed by atoms with Gasteiger partial charge in [-0.1, -0.05) is 19.9 Å². The minimum Gasteiger partial charge on any atom is -0.508 e. The standard InChI is InChI=1S/C15H24N2O/c1-11(16)13-6-5-12(9-14(13)18)17-8-4-7-15(2,3)10-17/h5-6,9,11,18H,4,7-8,10,16H2,1-3H3. The van der Waals surface area contributed by atoms with Crippen molar-refractivity contribution < 1.29 is 5.11 Å². The van der Waals surface area contributed by atoms with Crippen LogP contribution < -0.4 is 10.6 Å². The number of benzene rings is 1. The number of phenolic OH excluding ortho intramolecular Hbond substituents is 1. The molecule has 1 atom stereocenters. The summed E-state index contributed by atoms with van der Waals surface area (Å²) < 4.78 is 0. The molecule has 1 aliphatic rings. The number of nitrogens with zero attached hydrogens (tertiary/aromatic N) is 1. The molecule has 0 bridgehead atoms. The Bertz CT molecular complexity index is 427. The van der Waals surface area contributed by atoms with Gasteiger partial charge in [-0.2, -0.15) is 0 Å². The van der Waals surface area contributed by atoms with Crippen LogP contribution in [0.15, 0.2) is 18.2 Å². The molecule has 0 aliphatic carbocycles. The number of anilines is 1. The molecule has 2 rings (SSSR count). The van der Waals surface area contributed by atoms with E-state index in [4.69, 9.17) is 5.73 Å². The van der Waals surface area contributed by atoms with Crippen LogP contribution in [-0.2, 0) is 0 Å². The van der Waals surface area contributed by atoms with Crippen molar-refractivity contribution in [1.29, 1.82) is 0 Å². The van der Waals surface area contributed by atoms with Crippen LogP contribution in [0.4, 0.5) is 5.69 Å². The SMILES string of the molecule is CC(N)c1ccc(N2CCCC(C)(C)C2)cc1O. The Morgan fingerprint density at radius 1 is 1.39 bits per heavy atom. The lowest BCUT2D eigenvalue weighted by Crippen LogP contribution is -2.40. The summed E-state index contributed by atoms with van der Waals surface area (Å²) in [5.41, 5.74) is 8.08. The summed E-state index contributed by atoms with van der Waals surface area (Å²) in [5.74, 6) is 0.311. The molecule has 0 saturated carbocycles. The van der Waals surface area contributed by atoms with Crippen molar-refractivity contribution in [3.8, 4) is 5.75 Å². The van der Waals surface area contributed by atoms with Gasteiger partial charge >= 0.3 is 0 Å². The fourth-order valence-corrected chi connectivity index (χ4v) is 2.76. The van der Waals surface area contributed by atoms with Crippen molar-refractivity contribution in [2.24, 2.45) is 11.1 Å². The predicted octanol–water partition coefficient (Wildman–Crippen LogP) is 3.04. The van der Waals surface area contributed by atoms with Crippen LogP contribution in [0.2, 0.25) is 0 Å². The topological polar surface area (TPSA) is 49.5 Å². The highest BCUT2D eigenvalue weighted by molar-refractivity contribution is 5.54. The number of rotatable bonds is 2. The third-order valence-corrected chi connectivity index (χ3v) is 3.77. The third kappa shape index (κ3) is 2.78. The van der Waals surface area contributed by atoms with Gasteiger partial charge in [-0.15, -0.1) is 0 Å². The van der Waals surface area contributed by atoms with Gasteiger partial charge in [0.1, 0.15) is 5.75 Å². The first-order valence-electron chi connectivity index (χ1n) is 6.72. The average molecular weight is 248 g/mol. The molecule has 100 valence electrons. The Balaban J connectivity index is 2.21. The van der Waals surface area contributed by atoms with Crippen molar-refractivity contribution in [2.45, 2.75) is 39.7 Å². The number of hydrogen-bond acceptors (Lipinski definition) is 3. The van der Waals surface area contributed by atoms with E-state index in [-0.39, 0.29) is 6.04 Å². The fraction of sp³-hybridized carbons (Fsp3) is 0.600. The van der Waals surface area contributed by atoms with E-state index in [1.165, 1.54) is 12.8 Å². The zero-order chi connectivity index (χ0) is 13.3. The molecule has 0 aromatic heterocycles.